The number of rotatable bonds is 1. The second-order valence-electron chi connectivity index (χ2n) is 6.74. The molecule has 1 aliphatic heterocycles. The first-order valence-electron chi connectivity index (χ1n) is 8.80. The first-order valence-corrected chi connectivity index (χ1v) is 9.61. The quantitative estimate of drug-likeness (QED) is 0.651. The van der Waals surface area contributed by atoms with Crippen molar-refractivity contribution >= 4 is 37.6 Å². The molecule has 5 rings (SSSR count). The van der Waals surface area contributed by atoms with E-state index in [1.54, 1.807) is 7.05 Å². The average Bonchev–Trinajstić information content (AvgIpc) is 3.04. The van der Waals surface area contributed by atoms with Gasteiger partial charge in [0, 0.05) is 12.6 Å². The summed E-state index contributed by atoms with van der Waals surface area (Å²) >= 11 is 1.50. The molecule has 0 spiro atoms. The van der Waals surface area contributed by atoms with E-state index in [2.05, 4.69) is 20.2 Å². The Labute approximate surface area is 148 Å². The maximum atomic E-state index is 12.5. The van der Waals surface area contributed by atoms with Gasteiger partial charge in [-0.3, -0.25) is 9.69 Å². The van der Waals surface area contributed by atoms with Crippen LogP contribution in [0.2, 0.25) is 0 Å². The monoisotopic (exact) mass is 358 g/mol. The van der Waals surface area contributed by atoms with Gasteiger partial charge in [-0.05, 0) is 31.2 Å². The zero-order valence-corrected chi connectivity index (χ0v) is 15.0. The van der Waals surface area contributed by atoms with Crippen molar-refractivity contribution < 1.29 is 9.72 Å². The maximum absolute atomic E-state index is 12.5. The van der Waals surface area contributed by atoms with Gasteiger partial charge in [0.25, 0.3) is 11.4 Å². The van der Waals surface area contributed by atoms with Crippen LogP contribution in [0, 0.1) is 0 Å². The Morgan fingerprint density at radius 1 is 1.16 bits per heavy atom. The number of thiophene rings is 1. The average molecular weight is 358 g/mol. The smallest absolute Gasteiger partial charge is 0.287 e. The number of ether oxygens (including phenoxy) is 1. The third-order valence-electron chi connectivity index (χ3n) is 5.26. The number of hydrogen-bond acceptors (Lipinski definition) is 6. The SMILES string of the molecule is Cn1nnc2c(sc3[nH+]c(N4CCOCC4)c4c(c32)CCCC4)c1=O. The predicted octanol–water partition coefficient (Wildman–Crippen LogP) is 1.07. The van der Waals surface area contributed by atoms with Gasteiger partial charge in [-0.25, -0.2) is 9.67 Å². The number of anilines is 1. The highest BCUT2D eigenvalue weighted by Crippen LogP contribution is 2.38. The summed E-state index contributed by atoms with van der Waals surface area (Å²) in [6.07, 6.45) is 4.51. The van der Waals surface area contributed by atoms with Crippen LogP contribution in [0.3, 0.4) is 0 Å². The van der Waals surface area contributed by atoms with Crippen molar-refractivity contribution in [2.45, 2.75) is 25.7 Å². The Kier molecular flexibility index (Phi) is 3.49. The second-order valence-corrected chi connectivity index (χ2v) is 7.76. The summed E-state index contributed by atoms with van der Waals surface area (Å²) in [5, 5.41) is 9.47. The van der Waals surface area contributed by atoms with Gasteiger partial charge < -0.3 is 4.74 Å². The Bertz CT molecular complexity index is 1040. The van der Waals surface area contributed by atoms with Crippen LogP contribution in [0.1, 0.15) is 24.0 Å². The van der Waals surface area contributed by atoms with Crippen LogP contribution in [0.5, 0.6) is 0 Å². The van der Waals surface area contributed by atoms with E-state index in [1.165, 1.54) is 45.8 Å². The van der Waals surface area contributed by atoms with Gasteiger partial charge in [0.1, 0.15) is 23.3 Å². The first-order chi connectivity index (χ1) is 12.2. The largest absolute Gasteiger partial charge is 0.373 e. The molecule has 1 fully saturated rings. The number of aromatic nitrogens is 4. The lowest BCUT2D eigenvalue weighted by molar-refractivity contribution is -0.328. The lowest BCUT2D eigenvalue weighted by atomic mass is 9.90. The van der Waals surface area contributed by atoms with Crippen LogP contribution >= 0.6 is 11.3 Å². The van der Waals surface area contributed by atoms with Crippen LogP contribution in [0.4, 0.5) is 5.82 Å². The zero-order chi connectivity index (χ0) is 17.0. The van der Waals surface area contributed by atoms with Crippen molar-refractivity contribution in [3.8, 4) is 0 Å². The number of nitrogens with one attached hydrogen (secondary N) is 1. The van der Waals surface area contributed by atoms with E-state index in [0.29, 0.717) is 4.70 Å². The molecule has 0 aromatic carbocycles. The molecule has 4 heterocycles. The molecule has 7 nitrogen and oxygen atoms in total. The molecule has 8 heteroatoms. The molecule has 0 bridgehead atoms. The van der Waals surface area contributed by atoms with Gasteiger partial charge in [0.05, 0.1) is 18.6 Å². The minimum Gasteiger partial charge on any atom is -0.373 e. The minimum atomic E-state index is -0.0721. The molecule has 1 aliphatic carbocycles. The molecule has 0 saturated carbocycles. The van der Waals surface area contributed by atoms with Crippen molar-refractivity contribution in [2.75, 3.05) is 31.2 Å². The molecule has 0 amide bonds. The molecule has 2 aliphatic rings. The lowest BCUT2D eigenvalue weighted by Gasteiger charge is -2.25. The Hall–Kier alpha value is -2.06. The van der Waals surface area contributed by atoms with E-state index < -0.39 is 0 Å². The summed E-state index contributed by atoms with van der Waals surface area (Å²) in [6.45, 7) is 3.33. The normalized spacial score (nSPS) is 18.0. The summed E-state index contributed by atoms with van der Waals surface area (Å²) < 4.78 is 7.52. The minimum absolute atomic E-state index is 0.0721. The van der Waals surface area contributed by atoms with Crippen LogP contribution in [0.15, 0.2) is 4.79 Å². The Morgan fingerprint density at radius 2 is 1.92 bits per heavy atom. The predicted molar refractivity (Wildman–Crippen MR) is 96.4 cm³/mol. The molecule has 25 heavy (non-hydrogen) atoms. The van der Waals surface area contributed by atoms with Crippen LogP contribution in [-0.2, 0) is 24.6 Å². The van der Waals surface area contributed by atoms with Crippen molar-refractivity contribution in [1.82, 2.24) is 15.0 Å². The summed E-state index contributed by atoms with van der Waals surface area (Å²) in [5.41, 5.74) is 3.43. The number of fused-ring (bicyclic) bond motifs is 5. The van der Waals surface area contributed by atoms with E-state index in [9.17, 15) is 4.79 Å². The summed E-state index contributed by atoms with van der Waals surface area (Å²) in [6, 6.07) is 0. The van der Waals surface area contributed by atoms with E-state index >= 15 is 0 Å². The van der Waals surface area contributed by atoms with Gasteiger partial charge >= 0.3 is 0 Å². The van der Waals surface area contributed by atoms with Gasteiger partial charge in [0.15, 0.2) is 4.83 Å². The summed E-state index contributed by atoms with van der Waals surface area (Å²) in [5.74, 6) is 1.21. The zero-order valence-electron chi connectivity index (χ0n) is 14.2. The molecule has 0 radical (unpaired) electrons. The number of pyridine rings is 1. The third-order valence-corrected chi connectivity index (χ3v) is 6.35. The van der Waals surface area contributed by atoms with Crippen molar-refractivity contribution in [1.29, 1.82) is 0 Å². The Balaban J connectivity index is 1.84. The maximum Gasteiger partial charge on any atom is 0.287 e. The Morgan fingerprint density at radius 3 is 2.72 bits per heavy atom. The van der Waals surface area contributed by atoms with E-state index in [4.69, 9.17) is 4.74 Å². The lowest BCUT2D eigenvalue weighted by Crippen LogP contribution is -2.40. The molecule has 0 unspecified atom stereocenters. The fraction of sp³-hybridized carbons (Fsp3) is 0.529. The van der Waals surface area contributed by atoms with Crippen LogP contribution in [0.25, 0.3) is 20.4 Å². The number of nitrogens with zero attached hydrogens (tertiary/aromatic N) is 4. The van der Waals surface area contributed by atoms with E-state index in [-0.39, 0.29) is 5.56 Å². The van der Waals surface area contributed by atoms with E-state index in [0.717, 1.165) is 54.9 Å². The molecule has 3 aromatic rings. The number of H-pyrrole nitrogens is 1. The molecular weight excluding hydrogens is 338 g/mol. The van der Waals surface area contributed by atoms with Gasteiger partial charge in [-0.2, -0.15) is 0 Å². The number of hydrogen-bond donors (Lipinski definition) is 0. The van der Waals surface area contributed by atoms with Crippen molar-refractivity contribution in [3.05, 3.63) is 21.5 Å². The van der Waals surface area contributed by atoms with E-state index in [1.807, 2.05) is 0 Å². The highest BCUT2D eigenvalue weighted by atomic mass is 32.1. The highest BCUT2D eigenvalue weighted by molar-refractivity contribution is 7.25. The second kappa shape index (κ2) is 5.74. The molecule has 130 valence electrons. The van der Waals surface area contributed by atoms with Crippen molar-refractivity contribution in [3.63, 3.8) is 0 Å². The fourth-order valence-electron chi connectivity index (χ4n) is 4.01. The van der Waals surface area contributed by atoms with Gasteiger partial charge in [0.2, 0.25) is 0 Å². The van der Waals surface area contributed by atoms with Crippen LogP contribution < -0.4 is 15.4 Å². The highest BCUT2D eigenvalue weighted by Gasteiger charge is 2.30. The van der Waals surface area contributed by atoms with Gasteiger partial charge in [-0.15, -0.1) is 5.10 Å². The molecule has 0 atom stereocenters. The standard InChI is InChI=1S/C17H19N5O2S/c1-21-17(23)14-13(19-20-21)12-10-4-2-3-5-11(10)15(18-16(12)25-14)22-6-8-24-9-7-22/h2-9H2,1H3/p+1. The van der Waals surface area contributed by atoms with Crippen LogP contribution in [-0.4, -0.2) is 41.3 Å². The number of aryl methyl sites for hydroxylation is 2. The summed E-state index contributed by atoms with van der Waals surface area (Å²) in [7, 11) is 1.65. The number of morpholine rings is 1. The number of aromatic amines is 1. The molecule has 3 aromatic heterocycles. The molecular formula is C17H20N5O2S+. The van der Waals surface area contributed by atoms with Gasteiger partial charge in [-0.1, -0.05) is 16.6 Å². The molecule has 1 N–H and O–H groups in total. The third kappa shape index (κ3) is 2.27. The fourth-order valence-corrected chi connectivity index (χ4v) is 5.15. The molecule has 1 saturated heterocycles. The van der Waals surface area contributed by atoms with Crippen molar-refractivity contribution in [2.24, 2.45) is 7.05 Å². The summed E-state index contributed by atoms with van der Waals surface area (Å²) in [4.78, 5) is 19.5. The first kappa shape index (κ1) is 15.2. The topological polar surface area (TPSA) is 74.4 Å².